The molecule has 94 valence electrons. The van der Waals surface area contributed by atoms with Gasteiger partial charge in [0.2, 0.25) is 0 Å². The summed E-state index contributed by atoms with van der Waals surface area (Å²) in [5, 5.41) is 3.67. The third-order valence-corrected chi connectivity index (χ3v) is 2.43. The Kier molecular flexibility index (Phi) is 6.81. The van der Waals surface area contributed by atoms with Crippen molar-refractivity contribution >= 4 is 21.8 Å². The zero-order valence-electron chi connectivity index (χ0n) is 9.91. The third kappa shape index (κ3) is 5.79. The Bertz CT molecular complexity index is 358. The highest BCUT2D eigenvalue weighted by molar-refractivity contribution is 9.09. The maximum atomic E-state index is 11.7. The van der Waals surface area contributed by atoms with E-state index in [1.165, 1.54) is 0 Å². The highest BCUT2D eigenvalue weighted by Crippen LogP contribution is 2.00. The van der Waals surface area contributed by atoms with Gasteiger partial charge in [-0.2, -0.15) is 0 Å². The fraction of sp³-hybridized carbons (Fsp3) is 0.500. The van der Waals surface area contributed by atoms with Gasteiger partial charge in [-0.1, -0.05) is 15.9 Å². The van der Waals surface area contributed by atoms with E-state index >= 15 is 0 Å². The van der Waals surface area contributed by atoms with E-state index in [0.29, 0.717) is 25.3 Å². The van der Waals surface area contributed by atoms with Gasteiger partial charge in [0.15, 0.2) is 0 Å². The lowest BCUT2D eigenvalue weighted by atomic mass is 10.2. The quantitative estimate of drug-likeness (QED) is 0.618. The van der Waals surface area contributed by atoms with E-state index in [9.17, 15) is 4.79 Å². The van der Waals surface area contributed by atoms with Crippen LogP contribution in [-0.4, -0.2) is 36.0 Å². The van der Waals surface area contributed by atoms with Crippen LogP contribution in [0.1, 0.15) is 22.3 Å². The van der Waals surface area contributed by atoms with Gasteiger partial charge in [0.25, 0.3) is 5.91 Å². The Morgan fingerprint density at radius 1 is 1.47 bits per heavy atom. The first-order valence-electron chi connectivity index (χ1n) is 5.57. The summed E-state index contributed by atoms with van der Waals surface area (Å²) in [6, 6.07) is 1.82. The fourth-order valence-corrected chi connectivity index (χ4v) is 1.54. The predicted octanol–water partition coefficient (Wildman–Crippen LogP) is 1.92. The number of carbonyl (C=O) groups excluding carboxylic acids is 1. The second-order valence-corrected chi connectivity index (χ2v) is 4.45. The Balaban J connectivity index is 2.21. The summed E-state index contributed by atoms with van der Waals surface area (Å²) in [5.41, 5.74) is 1.59. The smallest absolute Gasteiger partial charge is 0.252 e. The minimum atomic E-state index is -0.0818. The van der Waals surface area contributed by atoms with Crippen molar-refractivity contribution < 1.29 is 9.53 Å². The van der Waals surface area contributed by atoms with Gasteiger partial charge in [-0.15, -0.1) is 0 Å². The van der Waals surface area contributed by atoms with E-state index in [-0.39, 0.29) is 5.91 Å². The molecule has 0 aliphatic rings. The molecule has 0 saturated heterocycles. The number of nitrogens with one attached hydrogen (secondary N) is 1. The van der Waals surface area contributed by atoms with Crippen molar-refractivity contribution in [3.8, 4) is 0 Å². The first kappa shape index (κ1) is 14.1. The number of rotatable bonds is 7. The second-order valence-electron chi connectivity index (χ2n) is 3.66. The lowest BCUT2D eigenvalue weighted by molar-refractivity contribution is 0.0944. The number of hydrogen-bond acceptors (Lipinski definition) is 3. The fourth-order valence-electron chi connectivity index (χ4n) is 1.31. The minimum Gasteiger partial charge on any atom is -0.381 e. The number of ether oxygens (including phenoxy) is 1. The number of halogens is 1. The van der Waals surface area contributed by atoms with Crippen molar-refractivity contribution in [1.29, 1.82) is 0 Å². The lowest BCUT2D eigenvalue weighted by Crippen LogP contribution is -2.25. The number of pyridine rings is 1. The van der Waals surface area contributed by atoms with Crippen molar-refractivity contribution in [2.45, 2.75) is 13.3 Å². The molecule has 4 nitrogen and oxygen atoms in total. The van der Waals surface area contributed by atoms with Gasteiger partial charge in [0.05, 0.1) is 12.2 Å². The third-order valence-electron chi connectivity index (χ3n) is 2.11. The van der Waals surface area contributed by atoms with E-state index < -0.39 is 0 Å². The molecule has 0 aromatic carbocycles. The van der Waals surface area contributed by atoms with Crippen molar-refractivity contribution in [2.75, 3.05) is 25.1 Å². The number of carbonyl (C=O) groups is 1. The van der Waals surface area contributed by atoms with Gasteiger partial charge in [-0.3, -0.25) is 9.78 Å². The van der Waals surface area contributed by atoms with Crippen molar-refractivity contribution in [3.05, 3.63) is 29.6 Å². The van der Waals surface area contributed by atoms with Crippen LogP contribution < -0.4 is 5.32 Å². The average Bonchev–Trinajstić information content (AvgIpc) is 2.33. The largest absolute Gasteiger partial charge is 0.381 e. The molecule has 0 saturated carbocycles. The topological polar surface area (TPSA) is 51.2 Å². The first-order chi connectivity index (χ1) is 8.24. The molecule has 17 heavy (non-hydrogen) atoms. The standard InChI is InChI=1S/C12H17BrN2O2/c1-10-7-11(9-14-8-10)12(16)15-4-2-5-17-6-3-13/h7-9H,2-6H2,1H3,(H,15,16). The maximum absolute atomic E-state index is 11.7. The molecule has 1 aromatic rings. The monoisotopic (exact) mass is 300 g/mol. The molecule has 1 amide bonds. The molecule has 0 bridgehead atoms. The summed E-state index contributed by atoms with van der Waals surface area (Å²) in [6.07, 6.45) is 4.12. The zero-order valence-corrected chi connectivity index (χ0v) is 11.5. The normalized spacial score (nSPS) is 10.2. The van der Waals surface area contributed by atoms with Crippen LogP contribution in [0.3, 0.4) is 0 Å². The van der Waals surface area contributed by atoms with Crippen LogP contribution in [0.15, 0.2) is 18.5 Å². The van der Waals surface area contributed by atoms with Gasteiger partial charge >= 0.3 is 0 Å². The second kappa shape index (κ2) is 8.20. The Hall–Kier alpha value is -0.940. The van der Waals surface area contributed by atoms with E-state index in [0.717, 1.165) is 17.3 Å². The van der Waals surface area contributed by atoms with Gasteiger partial charge in [-0.25, -0.2) is 0 Å². The summed E-state index contributed by atoms with van der Waals surface area (Å²) >= 11 is 3.28. The van der Waals surface area contributed by atoms with E-state index in [1.54, 1.807) is 12.4 Å². The van der Waals surface area contributed by atoms with Gasteiger partial charge in [0.1, 0.15) is 0 Å². The number of alkyl halides is 1. The summed E-state index contributed by atoms with van der Waals surface area (Å²) in [5.74, 6) is -0.0818. The van der Waals surface area contributed by atoms with Crippen molar-refractivity contribution in [2.24, 2.45) is 0 Å². The van der Waals surface area contributed by atoms with Crippen LogP contribution >= 0.6 is 15.9 Å². The highest BCUT2D eigenvalue weighted by Gasteiger charge is 2.04. The van der Waals surface area contributed by atoms with Gasteiger partial charge < -0.3 is 10.1 Å². The summed E-state index contributed by atoms with van der Waals surface area (Å²) < 4.78 is 5.28. The number of nitrogens with zero attached hydrogens (tertiary/aromatic N) is 1. The summed E-state index contributed by atoms with van der Waals surface area (Å²) in [6.45, 7) is 3.90. The van der Waals surface area contributed by atoms with Crippen LogP contribution in [0.25, 0.3) is 0 Å². The Morgan fingerprint density at radius 3 is 3.00 bits per heavy atom. The maximum Gasteiger partial charge on any atom is 0.252 e. The minimum absolute atomic E-state index is 0.0818. The van der Waals surface area contributed by atoms with Crippen molar-refractivity contribution in [1.82, 2.24) is 10.3 Å². The van der Waals surface area contributed by atoms with Crippen LogP contribution in [0.2, 0.25) is 0 Å². The summed E-state index contributed by atoms with van der Waals surface area (Å²) in [7, 11) is 0. The number of aromatic nitrogens is 1. The number of hydrogen-bond donors (Lipinski definition) is 1. The Labute approximate surface area is 110 Å². The average molecular weight is 301 g/mol. The zero-order chi connectivity index (χ0) is 12.5. The molecule has 1 heterocycles. The van der Waals surface area contributed by atoms with E-state index in [1.807, 2.05) is 13.0 Å². The number of aryl methyl sites for hydroxylation is 1. The molecule has 1 rings (SSSR count). The highest BCUT2D eigenvalue weighted by atomic mass is 79.9. The molecule has 0 atom stereocenters. The molecule has 0 radical (unpaired) electrons. The number of amides is 1. The van der Waals surface area contributed by atoms with Gasteiger partial charge in [-0.05, 0) is 25.0 Å². The Morgan fingerprint density at radius 2 is 2.29 bits per heavy atom. The predicted molar refractivity (Wildman–Crippen MR) is 70.5 cm³/mol. The van der Waals surface area contributed by atoms with Crippen LogP contribution in [0, 0.1) is 6.92 Å². The molecule has 5 heteroatoms. The van der Waals surface area contributed by atoms with Gasteiger partial charge in [0, 0.05) is 30.9 Å². The van der Waals surface area contributed by atoms with Crippen LogP contribution in [0.4, 0.5) is 0 Å². The first-order valence-corrected chi connectivity index (χ1v) is 6.69. The van der Waals surface area contributed by atoms with Crippen LogP contribution in [0.5, 0.6) is 0 Å². The molecular formula is C12H17BrN2O2. The lowest BCUT2D eigenvalue weighted by Gasteiger charge is -2.05. The molecule has 0 aliphatic carbocycles. The SMILES string of the molecule is Cc1cncc(C(=O)NCCCOCCBr)c1. The van der Waals surface area contributed by atoms with E-state index in [2.05, 4.69) is 26.2 Å². The van der Waals surface area contributed by atoms with Crippen LogP contribution in [-0.2, 0) is 4.74 Å². The molecule has 1 aromatic heterocycles. The summed E-state index contributed by atoms with van der Waals surface area (Å²) in [4.78, 5) is 15.7. The molecule has 0 fully saturated rings. The van der Waals surface area contributed by atoms with Crippen molar-refractivity contribution in [3.63, 3.8) is 0 Å². The molecule has 0 spiro atoms. The molecule has 0 aliphatic heterocycles. The van der Waals surface area contributed by atoms with E-state index in [4.69, 9.17) is 4.74 Å². The molecular weight excluding hydrogens is 284 g/mol. The molecule has 1 N–H and O–H groups in total. The molecule has 0 unspecified atom stereocenters.